The minimum atomic E-state index is -0.405. The highest BCUT2D eigenvalue weighted by Crippen LogP contribution is 2.29. The van der Waals surface area contributed by atoms with Crippen LogP contribution >= 0.6 is 0 Å². The molecule has 1 heterocycles. The van der Waals surface area contributed by atoms with Gasteiger partial charge in [0, 0.05) is 6.92 Å². The van der Waals surface area contributed by atoms with Crippen molar-refractivity contribution < 1.29 is 19.1 Å². The van der Waals surface area contributed by atoms with Crippen LogP contribution < -0.4 is 0 Å². The van der Waals surface area contributed by atoms with Gasteiger partial charge < -0.3 is 9.47 Å². The van der Waals surface area contributed by atoms with Crippen LogP contribution in [0.25, 0.3) is 0 Å². The van der Waals surface area contributed by atoms with Gasteiger partial charge in [-0.25, -0.2) is 0 Å². The molecule has 4 nitrogen and oxygen atoms in total. The van der Waals surface area contributed by atoms with Crippen molar-refractivity contribution in [3.8, 4) is 0 Å². The Bertz CT molecular complexity index is 380. The molecule has 1 fully saturated rings. The van der Waals surface area contributed by atoms with Crippen molar-refractivity contribution >= 4 is 11.9 Å². The maximum Gasteiger partial charge on any atom is 0.313 e. The Hall–Kier alpha value is -1.06. The Morgan fingerprint density at radius 2 is 1.40 bits per heavy atom. The van der Waals surface area contributed by atoms with E-state index in [1.807, 2.05) is 0 Å². The van der Waals surface area contributed by atoms with Gasteiger partial charge in [-0.1, -0.05) is 84.0 Å². The fraction of sp³-hybridized carbons (Fsp3) is 0.905. The standard InChI is InChI=1S/C21H38O4/c1-4-5-6-7-8-9-10-11-12-13-14-15-16-19-20(25-18(3)22)17(2)24-21(19)23/h17,19-20H,4-16H2,1-3H3/t17-,19-,20-/m1/s1. The van der Waals surface area contributed by atoms with Crippen LogP contribution in [-0.4, -0.2) is 24.1 Å². The third-order valence-corrected chi connectivity index (χ3v) is 5.13. The lowest BCUT2D eigenvalue weighted by Crippen LogP contribution is -2.30. The van der Waals surface area contributed by atoms with E-state index in [4.69, 9.17) is 9.47 Å². The van der Waals surface area contributed by atoms with Crippen molar-refractivity contribution in [2.24, 2.45) is 5.92 Å². The molecule has 1 aliphatic rings. The Morgan fingerprint density at radius 1 is 0.920 bits per heavy atom. The van der Waals surface area contributed by atoms with Crippen molar-refractivity contribution in [3.63, 3.8) is 0 Å². The molecule has 146 valence electrons. The maximum absolute atomic E-state index is 11.9. The van der Waals surface area contributed by atoms with E-state index in [0.29, 0.717) is 0 Å². The molecule has 0 spiro atoms. The highest BCUT2D eigenvalue weighted by atomic mass is 16.6. The second-order valence-corrected chi connectivity index (χ2v) is 7.50. The van der Waals surface area contributed by atoms with Gasteiger partial charge in [0.2, 0.25) is 0 Å². The third kappa shape index (κ3) is 9.27. The van der Waals surface area contributed by atoms with Gasteiger partial charge in [-0.05, 0) is 13.3 Å². The van der Waals surface area contributed by atoms with Crippen LogP contribution in [0.15, 0.2) is 0 Å². The number of hydrogen-bond donors (Lipinski definition) is 0. The molecule has 3 atom stereocenters. The summed E-state index contributed by atoms with van der Waals surface area (Å²) in [5.41, 5.74) is 0. The lowest BCUT2D eigenvalue weighted by Gasteiger charge is -2.18. The van der Waals surface area contributed by atoms with E-state index in [1.165, 1.54) is 71.1 Å². The summed E-state index contributed by atoms with van der Waals surface area (Å²) in [5, 5.41) is 0. The van der Waals surface area contributed by atoms with Crippen LogP contribution in [0.5, 0.6) is 0 Å². The average Bonchev–Trinajstić information content (AvgIpc) is 2.82. The zero-order valence-corrected chi connectivity index (χ0v) is 16.6. The minimum Gasteiger partial charge on any atom is -0.458 e. The average molecular weight is 355 g/mol. The monoisotopic (exact) mass is 354 g/mol. The summed E-state index contributed by atoms with van der Waals surface area (Å²) in [6, 6.07) is 0. The number of carbonyl (C=O) groups excluding carboxylic acids is 2. The SMILES string of the molecule is CCCCCCCCCCCCCC[C@H]1C(=O)O[C@H](C)[C@H]1OC(C)=O. The Balaban J connectivity index is 2.01. The van der Waals surface area contributed by atoms with Crippen molar-refractivity contribution in [1.82, 2.24) is 0 Å². The Morgan fingerprint density at radius 3 is 1.88 bits per heavy atom. The summed E-state index contributed by atoms with van der Waals surface area (Å²) in [7, 11) is 0. The first-order valence-corrected chi connectivity index (χ1v) is 10.4. The molecule has 0 aromatic rings. The number of rotatable bonds is 14. The molecule has 0 amide bonds. The van der Waals surface area contributed by atoms with Crippen molar-refractivity contribution in [2.45, 2.75) is 116 Å². The van der Waals surface area contributed by atoms with Crippen molar-refractivity contribution in [2.75, 3.05) is 0 Å². The van der Waals surface area contributed by atoms with Gasteiger partial charge in [-0.15, -0.1) is 0 Å². The first-order chi connectivity index (χ1) is 12.1. The molecule has 0 aliphatic carbocycles. The summed E-state index contributed by atoms with van der Waals surface area (Å²) in [4.78, 5) is 23.1. The predicted octanol–water partition coefficient (Wildman–Crippen LogP) is 5.57. The molecule has 1 saturated heterocycles. The topological polar surface area (TPSA) is 52.6 Å². The summed E-state index contributed by atoms with van der Waals surface area (Å²) < 4.78 is 10.5. The largest absolute Gasteiger partial charge is 0.458 e. The van der Waals surface area contributed by atoms with Gasteiger partial charge >= 0.3 is 11.9 Å². The normalized spacial score (nSPS) is 22.8. The molecule has 0 aromatic carbocycles. The van der Waals surface area contributed by atoms with Crippen molar-refractivity contribution in [1.29, 1.82) is 0 Å². The molecule has 0 unspecified atom stereocenters. The zero-order chi connectivity index (χ0) is 18.5. The summed E-state index contributed by atoms with van der Waals surface area (Å²) in [5.74, 6) is -0.821. The quantitative estimate of drug-likeness (QED) is 0.302. The van der Waals surface area contributed by atoms with Crippen LogP contribution in [0.3, 0.4) is 0 Å². The fourth-order valence-corrected chi connectivity index (χ4v) is 3.66. The van der Waals surface area contributed by atoms with E-state index in [9.17, 15) is 9.59 Å². The Kier molecular flexibility index (Phi) is 11.6. The molecular formula is C21H38O4. The molecule has 1 aliphatic heterocycles. The smallest absolute Gasteiger partial charge is 0.313 e. The number of cyclic esters (lactones) is 1. The minimum absolute atomic E-state index is 0.207. The third-order valence-electron chi connectivity index (χ3n) is 5.13. The Labute approximate surface area is 154 Å². The van der Waals surface area contributed by atoms with E-state index in [1.54, 1.807) is 6.92 Å². The number of esters is 2. The summed E-state index contributed by atoms with van der Waals surface area (Å²) >= 11 is 0. The molecule has 25 heavy (non-hydrogen) atoms. The lowest BCUT2D eigenvalue weighted by atomic mass is 9.94. The van der Waals surface area contributed by atoms with Gasteiger partial charge in [0.15, 0.2) is 6.10 Å². The second-order valence-electron chi connectivity index (χ2n) is 7.50. The summed E-state index contributed by atoms with van der Waals surface area (Å²) in [6.07, 6.45) is 15.6. The number of hydrogen-bond acceptors (Lipinski definition) is 4. The lowest BCUT2D eigenvalue weighted by molar-refractivity contribution is -0.150. The molecule has 0 N–H and O–H groups in total. The molecule has 4 heteroatoms. The molecule has 0 aromatic heterocycles. The second kappa shape index (κ2) is 13.2. The number of ether oxygens (including phenoxy) is 2. The van der Waals surface area contributed by atoms with Gasteiger partial charge in [-0.2, -0.15) is 0 Å². The first kappa shape index (κ1) is 22.0. The van der Waals surface area contributed by atoms with Crippen LogP contribution in [0.2, 0.25) is 0 Å². The molecular weight excluding hydrogens is 316 g/mol. The van der Waals surface area contributed by atoms with Crippen LogP contribution in [0.1, 0.15) is 104 Å². The highest BCUT2D eigenvalue weighted by molar-refractivity contribution is 5.76. The van der Waals surface area contributed by atoms with Crippen LogP contribution in [0.4, 0.5) is 0 Å². The van der Waals surface area contributed by atoms with Crippen LogP contribution in [-0.2, 0) is 19.1 Å². The van der Waals surface area contributed by atoms with E-state index in [-0.39, 0.29) is 24.0 Å². The van der Waals surface area contributed by atoms with E-state index in [0.717, 1.165) is 19.3 Å². The molecule has 1 rings (SSSR count). The number of unbranched alkanes of at least 4 members (excludes halogenated alkanes) is 11. The van der Waals surface area contributed by atoms with E-state index in [2.05, 4.69) is 6.92 Å². The highest BCUT2D eigenvalue weighted by Gasteiger charge is 2.44. The maximum atomic E-state index is 11.9. The number of carbonyl (C=O) groups is 2. The van der Waals surface area contributed by atoms with Gasteiger partial charge in [0.1, 0.15) is 6.10 Å². The molecule has 0 bridgehead atoms. The zero-order valence-electron chi connectivity index (χ0n) is 16.6. The van der Waals surface area contributed by atoms with Crippen molar-refractivity contribution in [3.05, 3.63) is 0 Å². The van der Waals surface area contributed by atoms with E-state index >= 15 is 0 Å². The molecule has 0 radical (unpaired) electrons. The van der Waals surface area contributed by atoms with Gasteiger partial charge in [0.25, 0.3) is 0 Å². The van der Waals surface area contributed by atoms with Crippen LogP contribution in [0, 0.1) is 5.92 Å². The molecule has 0 saturated carbocycles. The predicted molar refractivity (Wildman–Crippen MR) is 100 cm³/mol. The first-order valence-electron chi connectivity index (χ1n) is 10.4. The fourth-order valence-electron chi connectivity index (χ4n) is 3.66. The van der Waals surface area contributed by atoms with Gasteiger partial charge in [0.05, 0.1) is 5.92 Å². The van der Waals surface area contributed by atoms with Gasteiger partial charge in [-0.3, -0.25) is 9.59 Å². The summed E-state index contributed by atoms with van der Waals surface area (Å²) in [6.45, 7) is 5.44. The van der Waals surface area contributed by atoms with E-state index < -0.39 is 6.10 Å².